The van der Waals surface area contributed by atoms with Crippen LogP contribution in [0.25, 0.3) is 0 Å². The molecule has 0 aliphatic rings. The zero-order valence-corrected chi connectivity index (χ0v) is 8.86. The molecule has 0 N–H and O–H groups in total. The van der Waals surface area contributed by atoms with Crippen molar-refractivity contribution in [2.24, 2.45) is 0 Å². The van der Waals surface area contributed by atoms with Gasteiger partial charge < -0.3 is 0 Å². The highest BCUT2D eigenvalue weighted by Gasteiger charge is 2.08. The first-order valence-electron chi connectivity index (χ1n) is 5.03. The smallest absolute Gasteiger partial charge is 0.167 e. The summed E-state index contributed by atoms with van der Waals surface area (Å²) < 4.78 is 25.8. The van der Waals surface area contributed by atoms with E-state index in [0.29, 0.717) is 11.1 Å². The quantitative estimate of drug-likeness (QED) is 0.763. The van der Waals surface area contributed by atoms with Crippen molar-refractivity contribution in [3.05, 3.63) is 65.5 Å². The molecule has 86 valence electrons. The molecule has 0 amide bonds. The van der Waals surface area contributed by atoms with Crippen molar-refractivity contribution in [1.82, 2.24) is 4.98 Å². The molecule has 0 radical (unpaired) electrons. The first-order valence-corrected chi connectivity index (χ1v) is 5.03. The van der Waals surface area contributed by atoms with Crippen LogP contribution in [0.3, 0.4) is 0 Å². The van der Waals surface area contributed by atoms with Crippen molar-refractivity contribution < 1.29 is 13.6 Å². The molecule has 4 heteroatoms. The Morgan fingerprint density at radius 3 is 2.24 bits per heavy atom. The molecule has 0 aliphatic carbocycles. The molecule has 0 aliphatic heterocycles. The SMILES string of the molecule is O=C(Cc1cc(F)cc(F)c1)c1ccncc1. The number of ketones is 1. The number of pyridine rings is 1. The van der Waals surface area contributed by atoms with Gasteiger partial charge in [-0.3, -0.25) is 9.78 Å². The molecular formula is C13H9F2NO. The molecule has 17 heavy (non-hydrogen) atoms. The van der Waals surface area contributed by atoms with Crippen LogP contribution in [0.15, 0.2) is 42.7 Å². The first kappa shape index (κ1) is 11.4. The Bertz CT molecular complexity index is 520. The summed E-state index contributed by atoms with van der Waals surface area (Å²) in [6.07, 6.45) is 2.97. The number of hydrogen-bond acceptors (Lipinski definition) is 2. The molecule has 1 aromatic carbocycles. The molecular weight excluding hydrogens is 224 g/mol. The average molecular weight is 233 g/mol. The van der Waals surface area contributed by atoms with Crippen LogP contribution >= 0.6 is 0 Å². The lowest BCUT2D eigenvalue weighted by molar-refractivity contribution is 0.0993. The zero-order valence-electron chi connectivity index (χ0n) is 8.86. The minimum absolute atomic E-state index is 0.0291. The van der Waals surface area contributed by atoms with E-state index in [9.17, 15) is 13.6 Å². The van der Waals surface area contributed by atoms with Gasteiger partial charge in [0.05, 0.1) is 0 Å². The number of carbonyl (C=O) groups is 1. The average Bonchev–Trinajstić information content (AvgIpc) is 2.28. The fourth-order valence-electron chi connectivity index (χ4n) is 1.54. The maximum Gasteiger partial charge on any atom is 0.167 e. The number of Topliss-reactive ketones (excluding diaryl/α,β-unsaturated/α-hetero) is 1. The fourth-order valence-corrected chi connectivity index (χ4v) is 1.54. The van der Waals surface area contributed by atoms with Crippen molar-refractivity contribution >= 4 is 5.78 Å². The molecule has 1 heterocycles. The van der Waals surface area contributed by atoms with Crippen LogP contribution < -0.4 is 0 Å². The summed E-state index contributed by atoms with van der Waals surface area (Å²) >= 11 is 0. The number of carbonyl (C=O) groups excluding carboxylic acids is 1. The number of aromatic nitrogens is 1. The molecule has 0 atom stereocenters. The fraction of sp³-hybridized carbons (Fsp3) is 0.0769. The van der Waals surface area contributed by atoms with Gasteiger partial charge in [0.15, 0.2) is 5.78 Å². The highest BCUT2D eigenvalue weighted by Crippen LogP contribution is 2.11. The van der Waals surface area contributed by atoms with Crippen LogP contribution in [-0.2, 0) is 6.42 Å². The molecule has 2 rings (SSSR count). The van der Waals surface area contributed by atoms with E-state index in [1.54, 1.807) is 12.1 Å². The van der Waals surface area contributed by atoms with Gasteiger partial charge in [-0.2, -0.15) is 0 Å². The highest BCUT2D eigenvalue weighted by atomic mass is 19.1. The summed E-state index contributed by atoms with van der Waals surface area (Å²) in [5.74, 6) is -1.55. The maximum atomic E-state index is 12.9. The molecule has 2 nitrogen and oxygen atoms in total. The molecule has 1 aromatic heterocycles. The van der Waals surface area contributed by atoms with Crippen LogP contribution in [0.1, 0.15) is 15.9 Å². The molecule has 0 fully saturated rings. The lowest BCUT2D eigenvalue weighted by atomic mass is 10.0. The second-order valence-electron chi connectivity index (χ2n) is 3.61. The van der Waals surface area contributed by atoms with Crippen LogP contribution in [0.2, 0.25) is 0 Å². The van der Waals surface area contributed by atoms with Crippen molar-refractivity contribution in [3.63, 3.8) is 0 Å². The van der Waals surface area contributed by atoms with E-state index in [1.807, 2.05) is 0 Å². The summed E-state index contributed by atoms with van der Waals surface area (Å²) in [7, 11) is 0. The van der Waals surface area contributed by atoms with Crippen molar-refractivity contribution in [2.45, 2.75) is 6.42 Å². The standard InChI is InChI=1S/C13H9F2NO/c14-11-5-9(6-12(15)8-11)7-13(17)10-1-3-16-4-2-10/h1-6,8H,7H2. The Labute approximate surface area is 96.9 Å². The van der Waals surface area contributed by atoms with Gasteiger partial charge >= 0.3 is 0 Å². The van der Waals surface area contributed by atoms with Crippen LogP contribution in [0, 0.1) is 11.6 Å². The van der Waals surface area contributed by atoms with E-state index < -0.39 is 11.6 Å². The third kappa shape index (κ3) is 2.93. The van der Waals surface area contributed by atoms with Gasteiger partial charge in [-0.05, 0) is 29.8 Å². The topological polar surface area (TPSA) is 30.0 Å². The molecule has 0 saturated carbocycles. The molecule has 0 unspecified atom stereocenters. The van der Waals surface area contributed by atoms with E-state index in [-0.39, 0.29) is 12.2 Å². The van der Waals surface area contributed by atoms with Crippen LogP contribution in [-0.4, -0.2) is 10.8 Å². The van der Waals surface area contributed by atoms with Crippen LogP contribution in [0.4, 0.5) is 8.78 Å². The summed E-state index contributed by atoms with van der Waals surface area (Å²) in [5.41, 5.74) is 0.800. The predicted octanol–water partition coefficient (Wildman–Crippen LogP) is 2.79. The largest absolute Gasteiger partial charge is 0.294 e. The molecule has 0 spiro atoms. The zero-order chi connectivity index (χ0) is 12.3. The predicted molar refractivity (Wildman–Crippen MR) is 58.6 cm³/mol. The number of hydrogen-bond donors (Lipinski definition) is 0. The number of benzene rings is 1. The van der Waals surface area contributed by atoms with Gasteiger partial charge in [-0.15, -0.1) is 0 Å². The summed E-state index contributed by atoms with van der Waals surface area (Å²) in [6, 6.07) is 6.22. The van der Waals surface area contributed by atoms with E-state index in [1.165, 1.54) is 12.4 Å². The minimum atomic E-state index is -0.678. The van der Waals surface area contributed by atoms with E-state index in [4.69, 9.17) is 0 Å². The molecule has 2 aromatic rings. The number of nitrogens with zero attached hydrogens (tertiary/aromatic N) is 1. The third-order valence-electron chi connectivity index (χ3n) is 2.29. The number of rotatable bonds is 3. The Morgan fingerprint density at radius 2 is 1.65 bits per heavy atom. The Kier molecular flexibility index (Phi) is 3.23. The lowest BCUT2D eigenvalue weighted by Crippen LogP contribution is -2.04. The van der Waals surface area contributed by atoms with Gasteiger partial charge in [0, 0.05) is 30.4 Å². The monoisotopic (exact) mass is 233 g/mol. The van der Waals surface area contributed by atoms with E-state index in [0.717, 1.165) is 18.2 Å². The maximum absolute atomic E-state index is 12.9. The van der Waals surface area contributed by atoms with Crippen molar-refractivity contribution in [2.75, 3.05) is 0 Å². The normalized spacial score (nSPS) is 10.2. The number of halogens is 2. The van der Waals surface area contributed by atoms with Crippen molar-refractivity contribution in [1.29, 1.82) is 0 Å². The molecule has 0 bridgehead atoms. The lowest BCUT2D eigenvalue weighted by Gasteiger charge is -2.02. The van der Waals surface area contributed by atoms with E-state index >= 15 is 0 Å². The summed E-state index contributed by atoms with van der Waals surface area (Å²) in [6.45, 7) is 0. The Morgan fingerprint density at radius 1 is 1.06 bits per heavy atom. The van der Waals surface area contributed by atoms with Gasteiger partial charge in [-0.25, -0.2) is 8.78 Å². The third-order valence-corrected chi connectivity index (χ3v) is 2.29. The highest BCUT2D eigenvalue weighted by molar-refractivity contribution is 5.97. The summed E-state index contributed by atoms with van der Waals surface area (Å²) in [4.78, 5) is 15.6. The van der Waals surface area contributed by atoms with Crippen LogP contribution in [0.5, 0.6) is 0 Å². The van der Waals surface area contributed by atoms with Gasteiger partial charge in [-0.1, -0.05) is 0 Å². The van der Waals surface area contributed by atoms with Gasteiger partial charge in [0.2, 0.25) is 0 Å². The summed E-state index contributed by atoms with van der Waals surface area (Å²) in [5, 5.41) is 0. The molecule has 0 saturated heterocycles. The Balaban J connectivity index is 2.19. The van der Waals surface area contributed by atoms with Gasteiger partial charge in [0.25, 0.3) is 0 Å². The minimum Gasteiger partial charge on any atom is -0.294 e. The van der Waals surface area contributed by atoms with E-state index in [2.05, 4.69) is 4.98 Å². The first-order chi connectivity index (χ1) is 8.15. The second kappa shape index (κ2) is 4.82. The van der Waals surface area contributed by atoms with Crippen molar-refractivity contribution in [3.8, 4) is 0 Å². The second-order valence-corrected chi connectivity index (χ2v) is 3.61. The Hall–Kier alpha value is -2.10. The van der Waals surface area contributed by atoms with Gasteiger partial charge in [0.1, 0.15) is 11.6 Å².